The Hall–Kier alpha value is -1.66. The Balaban J connectivity index is 1.67. The number of hydrogen-bond donors (Lipinski definition) is 0. The van der Waals surface area contributed by atoms with Crippen LogP contribution in [0.2, 0.25) is 0 Å². The van der Waals surface area contributed by atoms with E-state index in [0.717, 1.165) is 29.7 Å². The summed E-state index contributed by atoms with van der Waals surface area (Å²) < 4.78 is 33.3. The molecule has 1 saturated heterocycles. The van der Waals surface area contributed by atoms with Gasteiger partial charge in [-0.15, -0.1) is 0 Å². The third kappa shape index (κ3) is 2.38. The summed E-state index contributed by atoms with van der Waals surface area (Å²) >= 11 is 0. The van der Waals surface area contributed by atoms with Crippen molar-refractivity contribution in [1.82, 2.24) is 4.31 Å². The zero-order valence-corrected chi connectivity index (χ0v) is 15.6. The van der Waals surface area contributed by atoms with E-state index in [0.29, 0.717) is 23.9 Å². The quantitative estimate of drug-likeness (QED) is 0.777. The first-order chi connectivity index (χ1) is 11.7. The number of esters is 1. The number of sulfonamides is 1. The molecular formula is C19H23NO4S. The van der Waals surface area contributed by atoms with Crippen LogP contribution in [-0.4, -0.2) is 31.8 Å². The van der Waals surface area contributed by atoms with E-state index in [1.54, 1.807) is 16.4 Å². The number of aryl methyl sites for hydroxylation is 1. The summed E-state index contributed by atoms with van der Waals surface area (Å²) in [6.07, 6.45) is 1.88. The molecule has 0 N–H and O–H groups in total. The number of carbonyl (C=O) groups excluding carboxylic acids is 1. The van der Waals surface area contributed by atoms with E-state index in [4.69, 9.17) is 4.74 Å². The Bertz CT molecular complexity index is 871. The monoisotopic (exact) mass is 361 g/mol. The number of hydrogen-bond acceptors (Lipinski definition) is 4. The van der Waals surface area contributed by atoms with Crippen molar-refractivity contribution < 1.29 is 17.9 Å². The van der Waals surface area contributed by atoms with Crippen molar-refractivity contribution in [1.29, 1.82) is 0 Å². The lowest BCUT2D eigenvalue weighted by Crippen LogP contribution is -2.33. The van der Waals surface area contributed by atoms with Crippen molar-refractivity contribution in [3.63, 3.8) is 0 Å². The minimum Gasteiger partial charge on any atom is -0.431 e. The zero-order valence-electron chi connectivity index (χ0n) is 14.8. The van der Waals surface area contributed by atoms with Gasteiger partial charge in [-0.3, -0.25) is 4.79 Å². The van der Waals surface area contributed by atoms with Crippen LogP contribution in [0.5, 0.6) is 0 Å². The minimum atomic E-state index is -3.53. The van der Waals surface area contributed by atoms with E-state index in [-0.39, 0.29) is 17.3 Å². The molecule has 3 atom stereocenters. The summed E-state index contributed by atoms with van der Waals surface area (Å²) in [5, 5.41) is 0. The maximum atomic E-state index is 13.1. The first-order valence-electron chi connectivity index (χ1n) is 8.70. The summed E-state index contributed by atoms with van der Waals surface area (Å²) in [7, 11) is -3.53. The lowest BCUT2D eigenvalue weighted by Gasteiger charge is -2.30. The van der Waals surface area contributed by atoms with Gasteiger partial charge in [0.25, 0.3) is 0 Å². The first-order valence-corrected chi connectivity index (χ1v) is 10.1. The number of allylic oxidation sites excluding steroid dienone is 1. The first kappa shape index (κ1) is 16.8. The number of carbonyl (C=O) groups is 1. The molecule has 25 heavy (non-hydrogen) atoms. The van der Waals surface area contributed by atoms with Crippen LogP contribution in [0.4, 0.5) is 0 Å². The zero-order chi connectivity index (χ0) is 18.0. The molecule has 2 bridgehead atoms. The van der Waals surface area contributed by atoms with Gasteiger partial charge >= 0.3 is 5.97 Å². The Morgan fingerprint density at radius 2 is 1.92 bits per heavy atom. The van der Waals surface area contributed by atoms with Crippen LogP contribution in [0.1, 0.15) is 32.3 Å². The van der Waals surface area contributed by atoms with Gasteiger partial charge in [0.05, 0.1) is 4.90 Å². The molecule has 4 rings (SSSR count). The second-order valence-corrected chi connectivity index (χ2v) is 9.64. The Kier molecular flexibility index (Phi) is 3.64. The van der Waals surface area contributed by atoms with Crippen molar-refractivity contribution >= 4 is 16.0 Å². The lowest BCUT2D eigenvalue weighted by atomic mass is 9.78. The molecule has 6 heteroatoms. The molecule has 2 fully saturated rings. The summed E-state index contributed by atoms with van der Waals surface area (Å²) in [5.41, 5.74) is 1.84. The minimum absolute atomic E-state index is 0.232. The van der Waals surface area contributed by atoms with E-state index in [9.17, 15) is 13.2 Å². The van der Waals surface area contributed by atoms with Gasteiger partial charge < -0.3 is 4.74 Å². The van der Waals surface area contributed by atoms with Gasteiger partial charge in [0, 0.05) is 25.4 Å². The third-order valence-corrected chi connectivity index (χ3v) is 8.00. The molecule has 5 nitrogen and oxygen atoms in total. The highest BCUT2D eigenvalue weighted by Crippen LogP contribution is 2.64. The molecule has 0 amide bonds. The lowest BCUT2D eigenvalue weighted by molar-refractivity contribution is -0.138. The molecule has 0 aromatic heterocycles. The molecule has 1 heterocycles. The van der Waals surface area contributed by atoms with Crippen molar-refractivity contribution in [2.45, 2.75) is 38.5 Å². The number of benzene rings is 1. The van der Waals surface area contributed by atoms with Crippen LogP contribution in [0.25, 0.3) is 0 Å². The largest absolute Gasteiger partial charge is 0.431 e. The predicted molar refractivity (Wildman–Crippen MR) is 93.1 cm³/mol. The Labute approximate surface area is 148 Å². The van der Waals surface area contributed by atoms with Gasteiger partial charge in [-0.05, 0) is 56.2 Å². The maximum Gasteiger partial charge on any atom is 0.307 e. The molecule has 1 aliphatic heterocycles. The highest BCUT2D eigenvalue weighted by Gasteiger charge is 2.63. The van der Waals surface area contributed by atoms with Gasteiger partial charge in [0.1, 0.15) is 5.76 Å². The van der Waals surface area contributed by atoms with Gasteiger partial charge in [-0.2, -0.15) is 4.31 Å². The van der Waals surface area contributed by atoms with Crippen molar-refractivity contribution in [2.75, 3.05) is 13.1 Å². The molecule has 1 aromatic carbocycles. The van der Waals surface area contributed by atoms with Crippen LogP contribution in [0, 0.1) is 24.2 Å². The van der Waals surface area contributed by atoms with Crippen molar-refractivity contribution in [2.24, 2.45) is 17.3 Å². The predicted octanol–water partition coefficient (Wildman–Crippen LogP) is 2.86. The van der Waals surface area contributed by atoms with Crippen molar-refractivity contribution in [3.8, 4) is 0 Å². The smallest absolute Gasteiger partial charge is 0.307 e. The van der Waals surface area contributed by atoms with Crippen LogP contribution in [-0.2, 0) is 19.6 Å². The standard InChI is InChI=1S/C19H23NO4S/c1-12-4-6-17(7-5-12)25(22,23)20-10-16-8-15-9-19(16,11-20)18(13(15)2)24-14(3)21/h4-7,15-16H,8-11H2,1-3H3/t15?,16-,19-/m0/s1. The van der Waals surface area contributed by atoms with Crippen LogP contribution < -0.4 is 0 Å². The summed E-state index contributed by atoms with van der Waals surface area (Å²) in [6.45, 7) is 6.28. The Morgan fingerprint density at radius 1 is 1.24 bits per heavy atom. The highest BCUT2D eigenvalue weighted by molar-refractivity contribution is 7.89. The van der Waals surface area contributed by atoms with Crippen LogP contribution in [0.15, 0.2) is 40.5 Å². The second-order valence-electron chi connectivity index (χ2n) is 7.71. The van der Waals surface area contributed by atoms with E-state index >= 15 is 0 Å². The summed E-state index contributed by atoms with van der Waals surface area (Å²) in [6, 6.07) is 6.98. The molecule has 1 spiro atoms. The van der Waals surface area contributed by atoms with Gasteiger partial charge in [0.15, 0.2) is 0 Å². The van der Waals surface area contributed by atoms with E-state index in [1.165, 1.54) is 6.92 Å². The average Bonchev–Trinajstić information content (AvgIpc) is 3.14. The molecule has 2 aliphatic carbocycles. The van der Waals surface area contributed by atoms with Crippen molar-refractivity contribution in [3.05, 3.63) is 41.2 Å². The number of fused-ring (bicyclic) bond motifs is 1. The van der Waals surface area contributed by atoms with Crippen LogP contribution >= 0.6 is 0 Å². The van der Waals surface area contributed by atoms with E-state index < -0.39 is 10.0 Å². The van der Waals surface area contributed by atoms with E-state index in [2.05, 4.69) is 0 Å². The molecule has 1 aromatic rings. The molecule has 1 saturated carbocycles. The molecule has 1 unspecified atom stereocenters. The normalized spacial score (nSPS) is 31.5. The fourth-order valence-corrected chi connectivity index (χ4v) is 6.51. The number of ether oxygens (including phenoxy) is 1. The van der Waals surface area contributed by atoms with Gasteiger partial charge in [-0.1, -0.05) is 17.7 Å². The Morgan fingerprint density at radius 3 is 2.56 bits per heavy atom. The van der Waals surface area contributed by atoms with Gasteiger partial charge in [0.2, 0.25) is 10.0 Å². The van der Waals surface area contributed by atoms with Gasteiger partial charge in [-0.25, -0.2) is 8.42 Å². The highest BCUT2D eigenvalue weighted by atomic mass is 32.2. The fraction of sp³-hybridized carbons (Fsp3) is 0.526. The summed E-state index contributed by atoms with van der Waals surface area (Å²) in [5.74, 6) is 1.07. The number of rotatable bonds is 3. The fourth-order valence-electron chi connectivity index (χ4n) is 4.95. The maximum absolute atomic E-state index is 13.1. The second kappa shape index (κ2) is 5.42. The third-order valence-electron chi connectivity index (χ3n) is 6.17. The topological polar surface area (TPSA) is 63.7 Å². The van der Waals surface area contributed by atoms with Crippen LogP contribution in [0.3, 0.4) is 0 Å². The molecule has 3 aliphatic rings. The average molecular weight is 361 g/mol. The SMILES string of the molecule is CC(=O)OC1=C(C)C2C[C@H]3CN(S(=O)(=O)c4ccc(C)cc4)C[C@]13C2. The molecule has 0 radical (unpaired) electrons. The molecule has 134 valence electrons. The number of nitrogens with zero attached hydrogens (tertiary/aromatic N) is 1. The molecular weight excluding hydrogens is 338 g/mol. The summed E-state index contributed by atoms with van der Waals surface area (Å²) in [4.78, 5) is 11.9. The van der Waals surface area contributed by atoms with E-state index in [1.807, 2.05) is 26.0 Å².